The SMILES string of the molecule is COC(=O)c1sccc1NC(=O)C(C)C1CC1. The van der Waals surface area contributed by atoms with Gasteiger partial charge in [0.1, 0.15) is 4.88 Å². The van der Waals surface area contributed by atoms with Gasteiger partial charge in [0.25, 0.3) is 0 Å². The van der Waals surface area contributed by atoms with Crippen LogP contribution in [-0.2, 0) is 9.53 Å². The molecule has 1 aliphatic rings. The number of esters is 1. The van der Waals surface area contributed by atoms with Crippen LogP contribution in [-0.4, -0.2) is 19.0 Å². The van der Waals surface area contributed by atoms with Crippen LogP contribution in [0, 0.1) is 11.8 Å². The fraction of sp³-hybridized carbons (Fsp3) is 0.500. The molecule has 1 saturated carbocycles. The third kappa shape index (κ3) is 2.66. The third-order valence-corrected chi connectivity index (χ3v) is 3.93. The molecule has 1 aliphatic carbocycles. The van der Waals surface area contributed by atoms with Crippen LogP contribution < -0.4 is 5.32 Å². The maximum Gasteiger partial charge on any atom is 0.350 e. The summed E-state index contributed by atoms with van der Waals surface area (Å²) in [7, 11) is 1.33. The molecule has 0 spiro atoms. The molecule has 1 fully saturated rings. The number of thiophene rings is 1. The molecule has 17 heavy (non-hydrogen) atoms. The van der Waals surface area contributed by atoms with Crippen molar-refractivity contribution in [1.29, 1.82) is 0 Å². The van der Waals surface area contributed by atoms with Crippen molar-refractivity contribution in [2.75, 3.05) is 12.4 Å². The second kappa shape index (κ2) is 4.87. The second-order valence-corrected chi connectivity index (χ2v) is 5.19. The molecule has 2 rings (SSSR count). The number of methoxy groups -OCH3 is 1. The molecule has 0 saturated heterocycles. The van der Waals surface area contributed by atoms with Gasteiger partial charge in [-0.1, -0.05) is 6.92 Å². The molecule has 5 heteroatoms. The number of rotatable bonds is 4. The standard InChI is InChI=1S/C12H15NO3S/c1-7(8-3-4-8)11(14)13-9-5-6-17-10(9)12(15)16-2/h5-8H,3-4H2,1-2H3,(H,13,14). The average molecular weight is 253 g/mol. The largest absolute Gasteiger partial charge is 0.465 e. The number of hydrogen-bond acceptors (Lipinski definition) is 4. The van der Waals surface area contributed by atoms with Crippen LogP contribution in [0.5, 0.6) is 0 Å². The molecule has 0 radical (unpaired) electrons. The van der Waals surface area contributed by atoms with E-state index in [1.807, 2.05) is 6.92 Å². The molecule has 0 aliphatic heterocycles. The number of hydrogen-bond donors (Lipinski definition) is 1. The average Bonchev–Trinajstić information content (AvgIpc) is 3.08. The number of carbonyl (C=O) groups is 2. The van der Waals surface area contributed by atoms with Crippen molar-refractivity contribution in [1.82, 2.24) is 0 Å². The van der Waals surface area contributed by atoms with Crippen molar-refractivity contribution >= 4 is 28.9 Å². The Balaban J connectivity index is 2.05. The molecule has 4 nitrogen and oxygen atoms in total. The molecule has 1 atom stereocenters. The summed E-state index contributed by atoms with van der Waals surface area (Å²) < 4.78 is 4.66. The summed E-state index contributed by atoms with van der Waals surface area (Å²) in [5.41, 5.74) is 0.555. The van der Waals surface area contributed by atoms with E-state index < -0.39 is 5.97 Å². The molecule has 1 amide bonds. The molecule has 0 aromatic carbocycles. The Morgan fingerprint density at radius 2 is 2.24 bits per heavy atom. The lowest BCUT2D eigenvalue weighted by molar-refractivity contribution is -0.119. The van der Waals surface area contributed by atoms with Gasteiger partial charge in [-0.3, -0.25) is 4.79 Å². The summed E-state index contributed by atoms with van der Waals surface area (Å²) in [5.74, 6) is 0.0982. The van der Waals surface area contributed by atoms with E-state index in [-0.39, 0.29) is 11.8 Å². The highest BCUT2D eigenvalue weighted by Gasteiger charge is 2.33. The quantitative estimate of drug-likeness (QED) is 0.839. The van der Waals surface area contributed by atoms with Gasteiger partial charge in [-0.2, -0.15) is 0 Å². The van der Waals surface area contributed by atoms with E-state index in [4.69, 9.17) is 0 Å². The minimum atomic E-state index is -0.408. The summed E-state index contributed by atoms with van der Waals surface area (Å²) in [6.07, 6.45) is 2.25. The topological polar surface area (TPSA) is 55.4 Å². The van der Waals surface area contributed by atoms with E-state index in [0.717, 1.165) is 12.8 Å². The summed E-state index contributed by atoms with van der Waals surface area (Å²) in [5, 5.41) is 4.57. The Bertz CT molecular complexity index is 437. The monoisotopic (exact) mass is 253 g/mol. The first-order valence-electron chi connectivity index (χ1n) is 5.60. The van der Waals surface area contributed by atoms with Crippen molar-refractivity contribution in [3.8, 4) is 0 Å². The van der Waals surface area contributed by atoms with Gasteiger partial charge in [-0.15, -0.1) is 11.3 Å². The van der Waals surface area contributed by atoms with E-state index >= 15 is 0 Å². The highest BCUT2D eigenvalue weighted by atomic mass is 32.1. The molecular weight excluding hydrogens is 238 g/mol. The minimum Gasteiger partial charge on any atom is -0.465 e. The first-order valence-corrected chi connectivity index (χ1v) is 6.48. The van der Waals surface area contributed by atoms with Gasteiger partial charge in [0.15, 0.2) is 0 Å². The highest BCUT2D eigenvalue weighted by Crippen LogP contribution is 2.37. The van der Waals surface area contributed by atoms with Gasteiger partial charge in [-0.05, 0) is 30.2 Å². The zero-order valence-electron chi connectivity index (χ0n) is 9.86. The lowest BCUT2D eigenvalue weighted by atomic mass is 10.1. The Morgan fingerprint density at radius 1 is 1.53 bits per heavy atom. The molecule has 1 unspecified atom stereocenters. The molecule has 92 valence electrons. The van der Waals surface area contributed by atoms with Gasteiger partial charge >= 0.3 is 5.97 Å². The molecule has 0 bridgehead atoms. The van der Waals surface area contributed by atoms with Gasteiger partial charge in [0.2, 0.25) is 5.91 Å². The molecule has 1 N–H and O–H groups in total. The number of ether oxygens (including phenoxy) is 1. The molecule has 1 aromatic rings. The van der Waals surface area contributed by atoms with Crippen LogP contribution in [0.2, 0.25) is 0 Å². The van der Waals surface area contributed by atoms with E-state index in [0.29, 0.717) is 16.5 Å². The van der Waals surface area contributed by atoms with Crippen molar-refractivity contribution in [3.63, 3.8) is 0 Å². The van der Waals surface area contributed by atoms with Crippen LogP contribution >= 0.6 is 11.3 Å². The first kappa shape index (κ1) is 12.1. The lowest BCUT2D eigenvalue weighted by Crippen LogP contribution is -2.22. The second-order valence-electron chi connectivity index (χ2n) is 4.27. The number of nitrogens with one attached hydrogen (secondary N) is 1. The highest BCUT2D eigenvalue weighted by molar-refractivity contribution is 7.12. The molecule has 1 heterocycles. The maximum atomic E-state index is 11.9. The fourth-order valence-corrected chi connectivity index (χ4v) is 2.48. The fourth-order valence-electron chi connectivity index (χ4n) is 1.72. The van der Waals surface area contributed by atoms with Crippen molar-refractivity contribution in [3.05, 3.63) is 16.3 Å². The molecular formula is C12H15NO3S. The minimum absolute atomic E-state index is 0.0143. The predicted octanol–water partition coefficient (Wildman–Crippen LogP) is 2.52. The zero-order valence-corrected chi connectivity index (χ0v) is 10.7. The van der Waals surface area contributed by atoms with Gasteiger partial charge in [0.05, 0.1) is 12.8 Å². The zero-order chi connectivity index (χ0) is 12.4. The first-order chi connectivity index (χ1) is 8.13. The number of amides is 1. The summed E-state index contributed by atoms with van der Waals surface area (Å²) in [6.45, 7) is 1.93. The van der Waals surface area contributed by atoms with E-state index in [1.54, 1.807) is 11.4 Å². The van der Waals surface area contributed by atoms with Crippen LogP contribution in [0.4, 0.5) is 5.69 Å². The van der Waals surface area contributed by atoms with Crippen LogP contribution in [0.15, 0.2) is 11.4 Å². The summed E-state index contributed by atoms with van der Waals surface area (Å²) in [6, 6.07) is 1.73. The van der Waals surface area contributed by atoms with E-state index in [1.165, 1.54) is 18.4 Å². The van der Waals surface area contributed by atoms with Crippen molar-refractivity contribution in [2.24, 2.45) is 11.8 Å². The van der Waals surface area contributed by atoms with Gasteiger partial charge < -0.3 is 10.1 Å². The lowest BCUT2D eigenvalue weighted by Gasteiger charge is -2.10. The normalized spacial score (nSPS) is 16.4. The van der Waals surface area contributed by atoms with Gasteiger partial charge in [0, 0.05) is 5.92 Å². The maximum absolute atomic E-state index is 11.9. The van der Waals surface area contributed by atoms with Crippen molar-refractivity contribution in [2.45, 2.75) is 19.8 Å². The van der Waals surface area contributed by atoms with Crippen molar-refractivity contribution < 1.29 is 14.3 Å². The third-order valence-electron chi connectivity index (χ3n) is 3.04. The smallest absolute Gasteiger partial charge is 0.350 e. The summed E-state index contributed by atoms with van der Waals surface area (Å²) >= 11 is 1.27. The Labute approximate surface area is 104 Å². The Kier molecular flexibility index (Phi) is 3.47. The van der Waals surface area contributed by atoms with Crippen LogP contribution in [0.1, 0.15) is 29.4 Å². The van der Waals surface area contributed by atoms with Gasteiger partial charge in [-0.25, -0.2) is 4.79 Å². The summed E-state index contributed by atoms with van der Waals surface area (Å²) in [4.78, 5) is 23.8. The van der Waals surface area contributed by atoms with Crippen LogP contribution in [0.3, 0.4) is 0 Å². The number of anilines is 1. The predicted molar refractivity (Wildman–Crippen MR) is 66.2 cm³/mol. The Morgan fingerprint density at radius 3 is 2.82 bits per heavy atom. The number of carbonyl (C=O) groups excluding carboxylic acids is 2. The Hall–Kier alpha value is -1.36. The van der Waals surface area contributed by atoms with Crippen LogP contribution in [0.25, 0.3) is 0 Å². The molecule has 1 aromatic heterocycles. The van der Waals surface area contributed by atoms with E-state index in [9.17, 15) is 9.59 Å². The van der Waals surface area contributed by atoms with E-state index in [2.05, 4.69) is 10.1 Å².